The van der Waals surface area contributed by atoms with Crippen molar-refractivity contribution in [3.8, 4) is 0 Å². The lowest BCUT2D eigenvalue weighted by Gasteiger charge is -2.38. The van der Waals surface area contributed by atoms with Gasteiger partial charge in [-0.1, -0.05) is 0 Å². The average Bonchev–Trinajstić information content (AvgIpc) is 1.92. The van der Waals surface area contributed by atoms with Crippen LogP contribution < -0.4 is 15.2 Å². The maximum atomic E-state index is 11.6. The lowest BCUT2D eigenvalue weighted by Crippen LogP contribution is -2.57. The second kappa shape index (κ2) is 4.01. The van der Waals surface area contributed by atoms with Crippen LogP contribution in [0.5, 0.6) is 0 Å². The van der Waals surface area contributed by atoms with Crippen LogP contribution >= 0.6 is 0 Å². The van der Waals surface area contributed by atoms with Crippen molar-refractivity contribution in [2.45, 2.75) is 51.1 Å². The highest BCUT2D eigenvalue weighted by Gasteiger charge is 2.33. The second-order valence-corrected chi connectivity index (χ2v) is 6.89. The molecule has 0 unspecified atom stereocenters. The molecule has 0 spiro atoms. The molecule has 0 aromatic heterocycles. The van der Waals surface area contributed by atoms with Gasteiger partial charge < -0.3 is 5.73 Å². The number of hydrogen-bond donors (Lipinski definition) is 3. The molecule has 1 rings (SSSR count). The van der Waals surface area contributed by atoms with Crippen LogP contribution in [0.1, 0.15) is 40.0 Å². The van der Waals surface area contributed by atoms with E-state index in [1.165, 1.54) is 0 Å². The molecule has 6 heteroatoms. The molecule has 1 fully saturated rings. The molecule has 1 aliphatic rings. The summed E-state index contributed by atoms with van der Waals surface area (Å²) >= 11 is 0. The highest BCUT2D eigenvalue weighted by molar-refractivity contribution is 7.87. The summed E-state index contributed by atoms with van der Waals surface area (Å²) in [6.07, 6.45) is 2.88. The summed E-state index contributed by atoms with van der Waals surface area (Å²) in [5.41, 5.74) is 5.13. The summed E-state index contributed by atoms with van der Waals surface area (Å²) < 4.78 is 28.1. The van der Waals surface area contributed by atoms with Crippen LogP contribution in [-0.2, 0) is 10.2 Å². The first-order chi connectivity index (χ1) is 6.62. The van der Waals surface area contributed by atoms with Gasteiger partial charge in [0.15, 0.2) is 0 Å². The minimum Gasteiger partial charge on any atom is -0.324 e. The van der Waals surface area contributed by atoms with E-state index in [4.69, 9.17) is 5.73 Å². The van der Waals surface area contributed by atoms with Gasteiger partial charge in [0.2, 0.25) is 0 Å². The highest BCUT2D eigenvalue weighted by Crippen LogP contribution is 2.28. The van der Waals surface area contributed by atoms with E-state index in [1.54, 1.807) is 20.8 Å². The predicted octanol–water partition coefficient (Wildman–Crippen LogP) is 0.0903. The summed E-state index contributed by atoms with van der Waals surface area (Å²) in [5, 5.41) is 0. The minimum atomic E-state index is -3.43. The smallest absolute Gasteiger partial charge is 0.277 e. The Morgan fingerprint density at radius 2 is 1.87 bits per heavy atom. The van der Waals surface area contributed by atoms with Crippen LogP contribution in [-0.4, -0.2) is 26.0 Å². The molecule has 0 atom stereocenters. The first kappa shape index (κ1) is 12.9. The van der Waals surface area contributed by atoms with Gasteiger partial charge >= 0.3 is 0 Å². The van der Waals surface area contributed by atoms with Crippen molar-refractivity contribution in [3.63, 3.8) is 0 Å². The van der Waals surface area contributed by atoms with E-state index in [0.29, 0.717) is 6.54 Å². The van der Waals surface area contributed by atoms with Crippen LogP contribution in [0.2, 0.25) is 0 Å². The zero-order valence-corrected chi connectivity index (χ0v) is 10.4. The van der Waals surface area contributed by atoms with Crippen molar-refractivity contribution in [1.29, 1.82) is 0 Å². The number of nitrogens with one attached hydrogen (secondary N) is 2. The van der Waals surface area contributed by atoms with Crippen LogP contribution in [0, 0.1) is 0 Å². The Morgan fingerprint density at radius 3 is 2.20 bits per heavy atom. The van der Waals surface area contributed by atoms with Gasteiger partial charge in [0.1, 0.15) is 0 Å². The van der Waals surface area contributed by atoms with E-state index in [9.17, 15) is 8.42 Å². The lowest BCUT2D eigenvalue weighted by atomic mass is 9.78. The molecule has 0 amide bonds. The van der Waals surface area contributed by atoms with Gasteiger partial charge in [-0.3, -0.25) is 0 Å². The Labute approximate surface area is 92.0 Å². The van der Waals surface area contributed by atoms with Crippen molar-refractivity contribution in [3.05, 3.63) is 0 Å². The fourth-order valence-corrected chi connectivity index (χ4v) is 2.84. The Kier molecular flexibility index (Phi) is 3.45. The molecule has 0 aromatic carbocycles. The van der Waals surface area contributed by atoms with E-state index in [-0.39, 0.29) is 5.54 Å². The molecule has 0 saturated heterocycles. The van der Waals surface area contributed by atoms with Gasteiger partial charge in [-0.05, 0) is 40.0 Å². The van der Waals surface area contributed by atoms with Crippen molar-refractivity contribution in [2.75, 3.05) is 6.54 Å². The average molecular weight is 235 g/mol. The molecule has 0 aliphatic heterocycles. The first-order valence-electron chi connectivity index (χ1n) is 5.19. The SMILES string of the molecule is CC(C)(C)NS(=O)(=O)NCC1(N)CCC1. The van der Waals surface area contributed by atoms with Gasteiger partial charge in [0.25, 0.3) is 10.2 Å². The summed E-state index contributed by atoms with van der Waals surface area (Å²) in [4.78, 5) is 0. The summed E-state index contributed by atoms with van der Waals surface area (Å²) in [6.45, 7) is 5.72. The summed E-state index contributed by atoms with van der Waals surface area (Å²) in [5.74, 6) is 0. The van der Waals surface area contributed by atoms with E-state index in [1.807, 2.05) is 0 Å². The molecular weight excluding hydrogens is 214 g/mol. The van der Waals surface area contributed by atoms with Gasteiger partial charge in [-0.25, -0.2) is 4.72 Å². The Balaban J connectivity index is 2.43. The Bertz CT molecular complexity index is 315. The maximum Gasteiger partial charge on any atom is 0.277 e. The molecule has 15 heavy (non-hydrogen) atoms. The molecule has 0 aromatic rings. The van der Waals surface area contributed by atoms with Crippen molar-refractivity contribution >= 4 is 10.2 Å². The predicted molar refractivity (Wildman–Crippen MR) is 60.6 cm³/mol. The fourth-order valence-electron chi connectivity index (χ4n) is 1.49. The van der Waals surface area contributed by atoms with Crippen molar-refractivity contribution < 1.29 is 8.42 Å². The fraction of sp³-hybridized carbons (Fsp3) is 1.00. The minimum absolute atomic E-state index is 0.318. The molecule has 1 saturated carbocycles. The van der Waals surface area contributed by atoms with Gasteiger partial charge in [-0.15, -0.1) is 0 Å². The number of rotatable bonds is 4. The monoisotopic (exact) mass is 235 g/mol. The first-order valence-corrected chi connectivity index (χ1v) is 6.68. The summed E-state index contributed by atoms with van der Waals surface area (Å²) in [6, 6.07) is 0. The van der Waals surface area contributed by atoms with Crippen molar-refractivity contribution in [2.24, 2.45) is 5.73 Å². The third kappa shape index (κ3) is 4.46. The van der Waals surface area contributed by atoms with Crippen LogP contribution in [0.4, 0.5) is 0 Å². The quantitative estimate of drug-likeness (QED) is 0.645. The van der Waals surface area contributed by atoms with Crippen LogP contribution in [0.25, 0.3) is 0 Å². The molecule has 0 radical (unpaired) electrons. The number of nitrogens with two attached hydrogens (primary N) is 1. The standard InChI is InChI=1S/C9H21N3O2S/c1-8(2,3)12-15(13,14)11-7-9(10)5-4-6-9/h11-12H,4-7,10H2,1-3H3. The molecule has 90 valence electrons. The van der Waals surface area contributed by atoms with Gasteiger partial charge in [0, 0.05) is 17.6 Å². The van der Waals surface area contributed by atoms with Gasteiger partial charge in [-0.2, -0.15) is 13.1 Å². The largest absolute Gasteiger partial charge is 0.324 e. The molecule has 0 heterocycles. The molecule has 1 aliphatic carbocycles. The molecular formula is C9H21N3O2S. The zero-order valence-electron chi connectivity index (χ0n) is 9.63. The topological polar surface area (TPSA) is 84.2 Å². The Morgan fingerprint density at radius 1 is 1.33 bits per heavy atom. The van der Waals surface area contributed by atoms with E-state index in [2.05, 4.69) is 9.44 Å². The number of hydrogen-bond acceptors (Lipinski definition) is 3. The normalized spacial score (nSPS) is 21.1. The maximum absolute atomic E-state index is 11.6. The van der Waals surface area contributed by atoms with Crippen LogP contribution in [0.15, 0.2) is 0 Å². The van der Waals surface area contributed by atoms with Gasteiger partial charge in [0.05, 0.1) is 0 Å². The van der Waals surface area contributed by atoms with Crippen LogP contribution in [0.3, 0.4) is 0 Å². The highest BCUT2D eigenvalue weighted by atomic mass is 32.2. The zero-order chi connectivity index (χ0) is 11.7. The van der Waals surface area contributed by atoms with E-state index in [0.717, 1.165) is 19.3 Å². The van der Waals surface area contributed by atoms with E-state index >= 15 is 0 Å². The van der Waals surface area contributed by atoms with E-state index < -0.39 is 15.7 Å². The third-order valence-corrected chi connectivity index (χ3v) is 3.81. The third-order valence-electron chi connectivity index (χ3n) is 2.40. The lowest BCUT2D eigenvalue weighted by molar-refractivity contribution is 0.250. The summed E-state index contributed by atoms with van der Waals surface area (Å²) in [7, 11) is -3.43. The van der Waals surface area contributed by atoms with Crippen molar-refractivity contribution in [1.82, 2.24) is 9.44 Å². The Hall–Kier alpha value is -0.170. The second-order valence-electron chi connectivity index (χ2n) is 5.39. The molecule has 0 bridgehead atoms. The molecule has 5 nitrogen and oxygen atoms in total. The molecule has 4 N–H and O–H groups in total.